The number of aromatic nitrogens is 2. The molecule has 0 aliphatic carbocycles. The fraction of sp³-hybridized carbons (Fsp3) is 0.389. The van der Waals surface area contributed by atoms with Crippen LogP contribution in [0.3, 0.4) is 0 Å². The third kappa shape index (κ3) is 3.18. The monoisotopic (exact) mass is 342 g/mol. The summed E-state index contributed by atoms with van der Waals surface area (Å²) in [5.41, 5.74) is 3.33. The molecule has 2 aromatic rings. The fourth-order valence-electron chi connectivity index (χ4n) is 2.62. The summed E-state index contributed by atoms with van der Waals surface area (Å²) in [6.07, 6.45) is 3.87. The van der Waals surface area contributed by atoms with E-state index >= 15 is 0 Å². The summed E-state index contributed by atoms with van der Waals surface area (Å²) in [5, 5.41) is 7.27. The second-order valence-corrected chi connectivity index (χ2v) is 7.35. The highest BCUT2D eigenvalue weighted by Crippen LogP contribution is 2.39. The maximum absolute atomic E-state index is 6.14. The van der Waals surface area contributed by atoms with Crippen molar-refractivity contribution >= 4 is 25.8 Å². The van der Waals surface area contributed by atoms with Crippen molar-refractivity contribution in [1.82, 2.24) is 10.2 Å². The van der Waals surface area contributed by atoms with Gasteiger partial charge in [0.05, 0.1) is 23.1 Å². The van der Waals surface area contributed by atoms with Gasteiger partial charge in [-0.2, -0.15) is 17.7 Å². The van der Waals surface area contributed by atoms with Gasteiger partial charge in [0.2, 0.25) is 0 Å². The van der Waals surface area contributed by atoms with Crippen molar-refractivity contribution in [2.45, 2.75) is 38.9 Å². The lowest BCUT2D eigenvalue weighted by atomic mass is 9.78. The topological polar surface area (TPSA) is 47.1 Å². The van der Waals surface area contributed by atoms with E-state index in [2.05, 4.69) is 68.7 Å². The van der Waals surface area contributed by atoms with E-state index in [1.54, 1.807) is 0 Å². The third-order valence-electron chi connectivity index (χ3n) is 4.81. The highest BCUT2D eigenvalue weighted by atomic mass is 32.1. The highest BCUT2D eigenvalue weighted by molar-refractivity contribution is 7.80. The summed E-state index contributed by atoms with van der Waals surface area (Å²) >= 11 is 4.48. The lowest BCUT2D eigenvalue weighted by Gasteiger charge is -2.32. The van der Waals surface area contributed by atoms with Crippen LogP contribution in [0, 0.1) is 0 Å². The Labute approximate surface area is 149 Å². The van der Waals surface area contributed by atoms with Crippen LogP contribution >= 0.6 is 12.6 Å². The Balaban J connectivity index is 1.92. The first-order valence-electron chi connectivity index (χ1n) is 8.10. The van der Waals surface area contributed by atoms with Crippen LogP contribution in [0.4, 0.5) is 0 Å². The van der Waals surface area contributed by atoms with Gasteiger partial charge in [-0.25, -0.2) is 0 Å². The molecule has 6 heteroatoms. The van der Waals surface area contributed by atoms with Crippen LogP contribution in [0.5, 0.6) is 0 Å². The molecule has 1 N–H and O–H groups in total. The molecule has 0 amide bonds. The number of hydrogen-bond acceptors (Lipinski definition) is 4. The Bertz CT molecular complexity index is 724. The smallest absolute Gasteiger partial charge is 0.400 e. The first kappa shape index (κ1) is 17.3. The largest absolute Gasteiger partial charge is 0.491 e. The summed E-state index contributed by atoms with van der Waals surface area (Å²) in [4.78, 5) is 0. The summed E-state index contributed by atoms with van der Waals surface area (Å²) in [7, 11) is -0.397. The average molecular weight is 342 g/mol. The molecular weight excluding hydrogens is 319 g/mol. The Hall–Kier alpha value is -1.50. The number of benzene rings is 1. The molecule has 0 saturated carbocycles. The molecule has 4 nitrogen and oxygen atoms in total. The van der Waals surface area contributed by atoms with Crippen molar-refractivity contribution < 1.29 is 9.31 Å². The number of nitrogens with zero attached hydrogens (tertiary/aromatic N) is 1. The highest BCUT2D eigenvalue weighted by Gasteiger charge is 2.52. The molecule has 0 bridgehead atoms. The van der Waals surface area contributed by atoms with Gasteiger partial charge in [0.25, 0.3) is 0 Å². The minimum atomic E-state index is -0.397. The van der Waals surface area contributed by atoms with Crippen molar-refractivity contribution in [3.05, 3.63) is 47.6 Å². The van der Waals surface area contributed by atoms with E-state index in [-0.39, 0.29) is 11.2 Å². The lowest BCUT2D eigenvalue weighted by molar-refractivity contribution is 0.00578. The van der Waals surface area contributed by atoms with Crippen molar-refractivity contribution in [2.24, 2.45) is 0 Å². The van der Waals surface area contributed by atoms with Gasteiger partial charge in [-0.05, 0) is 33.2 Å². The van der Waals surface area contributed by atoms with Crippen molar-refractivity contribution in [3.8, 4) is 11.3 Å². The van der Waals surface area contributed by atoms with Crippen molar-refractivity contribution in [3.63, 3.8) is 0 Å². The molecule has 1 aromatic heterocycles. The van der Waals surface area contributed by atoms with Gasteiger partial charge in [-0.1, -0.05) is 36.4 Å². The normalized spacial score (nSPS) is 19.7. The number of hydrogen-bond donors (Lipinski definition) is 2. The Morgan fingerprint density at radius 2 is 1.79 bits per heavy atom. The van der Waals surface area contributed by atoms with Crippen molar-refractivity contribution in [2.75, 3.05) is 5.75 Å². The molecule has 1 fully saturated rings. The lowest BCUT2D eigenvalue weighted by Crippen LogP contribution is -2.41. The summed E-state index contributed by atoms with van der Waals surface area (Å²) in [5.74, 6) is 0.552. The first-order chi connectivity index (χ1) is 11.3. The molecule has 0 radical (unpaired) electrons. The minimum absolute atomic E-state index is 0.363. The van der Waals surface area contributed by atoms with Crippen LogP contribution in [0.2, 0.25) is 0 Å². The van der Waals surface area contributed by atoms with Crippen LogP contribution in [-0.4, -0.2) is 34.3 Å². The van der Waals surface area contributed by atoms with E-state index in [1.165, 1.54) is 0 Å². The zero-order valence-corrected chi connectivity index (χ0v) is 15.4. The van der Waals surface area contributed by atoms with Gasteiger partial charge in [0.15, 0.2) is 0 Å². The van der Waals surface area contributed by atoms with E-state index in [0.717, 1.165) is 22.3 Å². The quantitative estimate of drug-likeness (QED) is 0.652. The second kappa shape index (κ2) is 6.43. The van der Waals surface area contributed by atoms with E-state index in [0.29, 0.717) is 5.75 Å². The van der Waals surface area contributed by atoms with Crippen LogP contribution in [-0.2, 0) is 9.31 Å². The van der Waals surface area contributed by atoms with E-state index in [1.807, 2.05) is 24.4 Å². The van der Waals surface area contributed by atoms with Gasteiger partial charge in [-0.15, -0.1) is 0 Å². The van der Waals surface area contributed by atoms with Crippen LogP contribution in [0.1, 0.15) is 33.3 Å². The predicted octanol–water partition coefficient (Wildman–Crippen LogP) is 4.02. The molecule has 0 spiro atoms. The molecule has 1 aliphatic heterocycles. The SMILES string of the molecule is CC1(C)OB(C(=Cc2cn[nH]c2-c2ccccc2)CS)OC1(C)C. The minimum Gasteiger partial charge on any atom is -0.400 e. The van der Waals surface area contributed by atoms with Gasteiger partial charge in [0.1, 0.15) is 0 Å². The van der Waals surface area contributed by atoms with Crippen LogP contribution in [0.25, 0.3) is 17.3 Å². The summed E-state index contributed by atoms with van der Waals surface area (Å²) in [6.45, 7) is 8.21. The molecule has 3 rings (SSSR count). The molecule has 0 atom stereocenters. The molecular formula is C18H23BN2O2S. The molecule has 24 heavy (non-hydrogen) atoms. The zero-order valence-electron chi connectivity index (χ0n) is 14.5. The van der Waals surface area contributed by atoms with Gasteiger partial charge in [0, 0.05) is 16.9 Å². The second-order valence-electron chi connectivity index (χ2n) is 7.03. The number of H-pyrrole nitrogens is 1. The number of nitrogens with one attached hydrogen (secondary N) is 1. The first-order valence-corrected chi connectivity index (χ1v) is 8.73. The number of rotatable bonds is 4. The molecule has 1 saturated heterocycles. The maximum Gasteiger partial charge on any atom is 0.491 e. The zero-order chi connectivity index (χ0) is 17.4. The molecule has 1 aliphatic rings. The van der Waals surface area contributed by atoms with Crippen molar-refractivity contribution in [1.29, 1.82) is 0 Å². The Morgan fingerprint density at radius 3 is 2.38 bits per heavy atom. The average Bonchev–Trinajstić information content (AvgIpc) is 3.08. The van der Waals surface area contributed by atoms with Gasteiger partial charge >= 0.3 is 7.12 Å². The fourth-order valence-corrected chi connectivity index (χ4v) is 2.86. The van der Waals surface area contributed by atoms with Crippen LogP contribution < -0.4 is 0 Å². The Kier molecular flexibility index (Phi) is 4.64. The number of aromatic amines is 1. The summed E-state index contributed by atoms with van der Waals surface area (Å²) < 4.78 is 12.3. The van der Waals surface area contributed by atoms with Gasteiger partial charge < -0.3 is 9.31 Å². The van der Waals surface area contributed by atoms with E-state index in [9.17, 15) is 0 Å². The molecule has 126 valence electrons. The molecule has 2 heterocycles. The molecule has 0 unspecified atom stereocenters. The van der Waals surface area contributed by atoms with Gasteiger partial charge in [-0.3, -0.25) is 5.10 Å². The molecule has 1 aromatic carbocycles. The van der Waals surface area contributed by atoms with E-state index in [4.69, 9.17) is 9.31 Å². The third-order valence-corrected chi connectivity index (χ3v) is 5.18. The van der Waals surface area contributed by atoms with Crippen LogP contribution in [0.15, 0.2) is 42.0 Å². The number of thiol groups is 1. The predicted molar refractivity (Wildman–Crippen MR) is 102 cm³/mol. The Morgan fingerprint density at radius 1 is 1.17 bits per heavy atom. The summed E-state index contributed by atoms with van der Waals surface area (Å²) in [6, 6.07) is 10.1. The standard InChI is InChI=1S/C18H23BN2O2S/c1-17(2)18(3,4)23-19(22-17)15(12-24)10-14-11-20-21-16(14)13-8-6-5-7-9-13/h5-11,24H,12H2,1-4H3,(H,20,21). The van der Waals surface area contributed by atoms with E-state index < -0.39 is 7.12 Å². The maximum atomic E-state index is 6.14.